The number of nitrogens with one attached hydrogen (secondary N) is 2. The zero-order valence-electron chi connectivity index (χ0n) is 16.4. The van der Waals surface area contributed by atoms with E-state index in [2.05, 4.69) is 20.6 Å². The standard InChI is InChI=1S/C22H17ClN6OS/c1-13-18(21(30)26-14-6-4-10-24-12-14)19(17-9-5-11-31-17)29-22(25-13)27-20(28-29)15-7-2-3-8-16(15)23/h2-12,19H,1H3,(H,26,30)(H,25,27,28)/t19-/m0/s1. The van der Waals surface area contributed by atoms with Crippen LogP contribution in [0.15, 0.2) is 77.6 Å². The number of rotatable bonds is 4. The highest BCUT2D eigenvalue weighted by Gasteiger charge is 2.35. The molecular formula is C22H17ClN6OS. The van der Waals surface area contributed by atoms with E-state index in [0.717, 1.165) is 10.4 Å². The van der Waals surface area contributed by atoms with Gasteiger partial charge in [0.1, 0.15) is 6.04 Å². The molecule has 4 aromatic rings. The zero-order chi connectivity index (χ0) is 21.4. The van der Waals surface area contributed by atoms with Crippen molar-refractivity contribution in [1.29, 1.82) is 0 Å². The Hall–Kier alpha value is -3.49. The second-order valence-electron chi connectivity index (χ2n) is 6.96. The van der Waals surface area contributed by atoms with Gasteiger partial charge in [-0.05, 0) is 42.6 Å². The van der Waals surface area contributed by atoms with Gasteiger partial charge in [-0.2, -0.15) is 4.98 Å². The lowest BCUT2D eigenvalue weighted by Crippen LogP contribution is -2.31. The molecule has 0 bridgehead atoms. The molecule has 9 heteroatoms. The van der Waals surface area contributed by atoms with E-state index >= 15 is 0 Å². The van der Waals surface area contributed by atoms with Crippen LogP contribution in [0.25, 0.3) is 11.4 Å². The number of hydrogen-bond acceptors (Lipinski definition) is 6. The summed E-state index contributed by atoms with van der Waals surface area (Å²) >= 11 is 7.93. The molecular weight excluding hydrogens is 432 g/mol. The Kier molecular flexibility index (Phi) is 5.01. The summed E-state index contributed by atoms with van der Waals surface area (Å²) in [6.07, 6.45) is 3.27. The van der Waals surface area contributed by atoms with Crippen LogP contribution in [0, 0.1) is 0 Å². The summed E-state index contributed by atoms with van der Waals surface area (Å²) in [6, 6.07) is 14.5. The summed E-state index contributed by atoms with van der Waals surface area (Å²) in [7, 11) is 0. The summed E-state index contributed by atoms with van der Waals surface area (Å²) in [6.45, 7) is 1.87. The van der Waals surface area contributed by atoms with Crippen molar-refractivity contribution in [3.05, 3.63) is 87.5 Å². The van der Waals surface area contributed by atoms with Crippen LogP contribution in [0.1, 0.15) is 17.8 Å². The number of nitrogens with zero attached hydrogens (tertiary/aromatic N) is 4. The van der Waals surface area contributed by atoms with Crippen LogP contribution < -0.4 is 10.6 Å². The lowest BCUT2D eigenvalue weighted by molar-refractivity contribution is -0.113. The van der Waals surface area contributed by atoms with Crippen LogP contribution in [0.4, 0.5) is 11.6 Å². The average Bonchev–Trinajstić information content (AvgIpc) is 3.43. The molecule has 1 amide bonds. The Bertz CT molecular complexity index is 1280. The van der Waals surface area contributed by atoms with Crippen molar-refractivity contribution >= 4 is 40.5 Å². The molecule has 1 aromatic carbocycles. The molecule has 7 nitrogen and oxygen atoms in total. The predicted molar refractivity (Wildman–Crippen MR) is 122 cm³/mol. The summed E-state index contributed by atoms with van der Waals surface area (Å²) in [5.74, 6) is 0.831. The first kappa shape index (κ1) is 19.5. The maximum absolute atomic E-state index is 13.3. The first-order chi connectivity index (χ1) is 15.1. The van der Waals surface area contributed by atoms with E-state index in [1.165, 1.54) is 0 Å². The highest BCUT2D eigenvalue weighted by Crippen LogP contribution is 2.39. The Balaban J connectivity index is 1.59. The molecule has 0 fully saturated rings. The van der Waals surface area contributed by atoms with Crippen molar-refractivity contribution in [3.8, 4) is 11.4 Å². The number of pyridine rings is 1. The van der Waals surface area contributed by atoms with Gasteiger partial charge in [0, 0.05) is 22.3 Å². The Morgan fingerprint density at radius 3 is 2.81 bits per heavy atom. The molecule has 31 heavy (non-hydrogen) atoms. The van der Waals surface area contributed by atoms with E-state index in [-0.39, 0.29) is 5.91 Å². The highest BCUT2D eigenvalue weighted by molar-refractivity contribution is 7.10. The van der Waals surface area contributed by atoms with Crippen LogP contribution in [0.3, 0.4) is 0 Å². The third-order valence-corrected chi connectivity index (χ3v) is 6.20. The molecule has 154 valence electrons. The van der Waals surface area contributed by atoms with E-state index in [1.54, 1.807) is 46.6 Å². The van der Waals surface area contributed by atoms with Crippen LogP contribution >= 0.6 is 22.9 Å². The van der Waals surface area contributed by atoms with Gasteiger partial charge in [-0.25, -0.2) is 4.68 Å². The number of amides is 1. The quantitative estimate of drug-likeness (QED) is 0.459. The Morgan fingerprint density at radius 2 is 2.06 bits per heavy atom. The molecule has 2 N–H and O–H groups in total. The fourth-order valence-electron chi connectivity index (χ4n) is 3.55. The van der Waals surface area contributed by atoms with Gasteiger partial charge in [0.2, 0.25) is 5.95 Å². The minimum Gasteiger partial charge on any atom is -0.328 e. The second kappa shape index (κ2) is 7.98. The second-order valence-corrected chi connectivity index (χ2v) is 8.35. The van der Waals surface area contributed by atoms with Crippen molar-refractivity contribution < 1.29 is 4.79 Å². The van der Waals surface area contributed by atoms with Crippen molar-refractivity contribution in [2.24, 2.45) is 0 Å². The molecule has 0 saturated carbocycles. The fraction of sp³-hybridized carbons (Fsp3) is 0.0909. The third kappa shape index (κ3) is 3.60. The minimum atomic E-state index is -0.420. The molecule has 0 aliphatic carbocycles. The van der Waals surface area contributed by atoms with Crippen LogP contribution in [-0.4, -0.2) is 25.7 Å². The molecule has 0 spiro atoms. The molecule has 1 atom stereocenters. The lowest BCUT2D eigenvalue weighted by Gasteiger charge is -2.27. The highest BCUT2D eigenvalue weighted by atomic mass is 35.5. The van der Waals surface area contributed by atoms with Gasteiger partial charge in [-0.1, -0.05) is 29.8 Å². The number of allylic oxidation sites excluding steroid dienone is 1. The summed E-state index contributed by atoms with van der Waals surface area (Å²) in [4.78, 5) is 23.0. The van der Waals surface area contributed by atoms with Gasteiger partial charge >= 0.3 is 0 Å². The first-order valence-corrected chi connectivity index (χ1v) is 10.8. The van der Waals surface area contributed by atoms with E-state index in [9.17, 15) is 4.79 Å². The number of halogens is 1. The van der Waals surface area contributed by atoms with Gasteiger partial charge in [-0.15, -0.1) is 16.4 Å². The Morgan fingerprint density at radius 1 is 1.19 bits per heavy atom. The maximum Gasteiger partial charge on any atom is 0.255 e. The Labute approximate surface area is 187 Å². The number of carbonyl (C=O) groups excluding carboxylic acids is 1. The van der Waals surface area contributed by atoms with Gasteiger partial charge in [0.05, 0.1) is 22.5 Å². The zero-order valence-corrected chi connectivity index (χ0v) is 18.0. The lowest BCUT2D eigenvalue weighted by atomic mass is 10.0. The van der Waals surface area contributed by atoms with Gasteiger partial charge in [0.25, 0.3) is 5.91 Å². The van der Waals surface area contributed by atoms with E-state index in [4.69, 9.17) is 16.7 Å². The smallest absolute Gasteiger partial charge is 0.255 e. The summed E-state index contributed by atoms with van der Waals surface area (Å²) < 4.78 is 1.75. The topological polar surface area (TPSA) is 84.7 Å². The SMILES string of the molecule is CC1=C(C(=O)Nc2cccnc2)[C@H](c2cccs2)n2nc(-c3ccccc3Cl)nc2N1. The first-order valence-electron chi connectivity index (χ1n) is 9.56. The number of benzene rings is 1. The average molecular weight is 449 g/mol. The van der Waals surface area contributed by atoms with Crippen molar-refractivity contribution in [2.75, 3.05) is 10.6 Å². The molecule has 5 rings (SSSR count). The molecule has 1 aliphatic heterocycles. The monoisotopic (exact) mass is 448 g/mol. The minimum absolute atomic E-state index is 0.225. The van der Waals surface area contributed by atoms with Crippen LogP contribution in [0.2, 0.25) is 5.02 Å². The fourth-order valence-corrected chi connectivity index (χ4v) is 4.59. The van der Waals surface area contributed by atoms with Gasteiger partial charge in [-0.3, -0.25) is 9.78 Å². The van der Waals surface area contributed by atoms with Crippen LogP contribution in [-0.2, 0) is 4.79 Å². The number of hydrogen-bond donors (Lipinski definition) is 2. The summed E-state index contributed by atoms with van der Waals surface area (Å²) in [5.41, 5.74) is 2.63. The maximum atomic E-state index is 13.3. The van der Waals surface area contributed by atoms with E-state index in [1.807, 2.05) is 42.6 Å². The van der Waals surface area contributed by atoms with Crippen molar-refractivity contribution in [2.45, 2.75) is 13.0 Å². The summed E-state index contributed by atoms with van der Waals surface area (Å²) in [5, 5.41) is 13.4. The molecule has 3 aromatic heterocycles. The number of fused-ring (bicyclic) bond motifs is 1. The molecule has 1 aliphatic rings. The number of anilines is 2. The van der Waals surface area contributed by atoms with Gasteiger partial charge in [0.15, 0.2) is 5.82 Å². The largest absolute Gasteiger partial charge is 0.328 e. The molecule has 0 radical (unpaired) electrons. The number of thiophene rings is 1. The molecule has 0 unspecified atom stereocenters. The van der Waals surface area contributed by atoms with Crippen molar-refractivity contribution in [3.63, 3.8) is 0 Å². The predicted octanol–water partition coefficient (Wildman–Crippen LogP) is 4.98. The normalized spacial score (nSPS) is 15.4. The van der Waals surface area contributed by atoms with Crippen LogP contribution in [0.5, 0.6) is 0 Å². The van der Waals surface area contributed by atoms with E-state index < -0.39 is 6.04 Å². The van der Waals surface area contributed by atoms with Crippen molar-refractivity contribution in [1.82, 2.24) is 19.7 Å². The molecule has 0 saturated heterocycles. The number of aromatic nitrogens is 4. The number of carbonyl (C=O) groups is 1. The van der Waals surface area contributed by atoms with E-state index in [0.29, 0.717) is 33.8 Å². The van der Waals surface area contributed by atoms with Gasteiger partial charge < -0.3 is 10.6 Å². The third-order valence-electron chi connectivity index (χ3n) is 4.94. The molecule has 4 heterocycles.